The van der Waals surface area contributed by atoms with Crippen molar-refractivity contribution in [2.45, 2.75) is 45.2 Å². The Balaban J connectivity index is 4.08. The Morgan fingerprint density at radius 2 is 1.08 bits per heavy atom. The molecule has 0 fully saturated rings. The topological polar surface area (TPSA) is 80.9 Å². The molecule has 74 valence electrons. The number of aliphatic hydroxyl groups excluding tert-OH is 4. The SMILES string of the molecule is CC(C)[C@H](O)C(O)[C@@H](O)[C@@H](C)O. The molecule has 0 bridgehead atoms. The third kappa shape index (κ3) is 3.06. The van der Waals surface area contributed by atoms with E-state index in [1.807, 2.05) is 0 Å². The Labute approximate surface area is 72.5 Å². The van der Waals surface area contributed by atoms with Crippen LogP contribution in [-0.2, 0) is 0 Å². The van der Waals surface area contributed by atoms with Crippen LogP contribution < -0.4 is 0 Å². The maximum atomic E-state index is 9.29. The van der Waals surface area contributed by atoms with Gasteiger partial charge in [-0.15, -0.1) is 0 Å². The van der Waals surface area contributed by atoms with Gasteiger partial charge >= 0.3 is 0 Å². The van der Waals surface area contributed by atoms with Gasteiger partial charge in [0.05, 0.1) is 12.2 Å². The van der Waals surface area contributed by atoms with Crippen molar-refractivity contribution in [3.05, 3.63) is 0 Å². The average Bonchev–Trinajstić information content (AvgIpc) is 2.00. The molecule has 4 heteroatoms. The molecule has 0 aliphatic carbocycles. The third-order valence-corrected chi connectivity index (χ3v) is 1.88. The number of hydrogen-bond acceptors (Lipinski definition) is 4. The van der Waals surface area contributed by atoms with E-state index in [0.29, 0.717) is 0 Å². The highest BCUT2D eigenvalue weighted by molar-refractivity contribution is 4.80. The van der Waals surface area contributed by atoms with E-state index in [4.69, 9.17) is 10.2 Å². The second kappa shape index (κ2) is 4.77. The summed E-state index contributed by atoms with van der Waals surface area (Å²) in [4.78, 5) is 0. The minimum Gasteiger partial charge on any atom is -0.391 e. The lowest BCUT2D eigenvalue weighted by atomic mass is 9.96. The molecule has 0 aromatic rings. The lowest BCUT2D eigenvalue weighted by Gasteiger charge is -2.26. The fourth-order valence-corrected chi connectivity index (χ4v) is 0.882. The van der Waals surface area contributed by atoms with Crippen molar-refractivity contribution < 1.29 is 20.4 Å². The molecule has 0 aliphatic rings. The molecule has 0 heterocycles. The van der Waals surface area contributed by atoms with Crippen LogP contribution in [0.25, 0.3) is 0 Å². The Morgan fingerprint density at radius 3 is 1.33 bits per heavy atom. The molecule has 0 aromatic carbocycles. The van der Waals surface area contributed by atoms with Crippen molar-refractivity contribution in [3.63, 3.8) is 0 Å². The van der Waals surface area contributed by atoms with E-state index in [1.165, 1.54) is 6.92 Å². The first-order valence-electron chi connectivity index (χ1n) is 4.10. The largest absolute Gasteiger partial charge is 0.391 e. The van der Waals surface area contributed by atoms with Gasteiger partial charge in [0.1, 0.15) is 12.2 Å². The molecule has 0 radical (unpaired) electrons. The van der Waals surface area contributed by atoms with Crippen LogP contribution in [0.4, 0.5) is 0 Å². The fourth-order valence-electron chi connectivity index (χ4n) is 0.882. The average molecular weight is 178 g/mol. The molecule has 0 saturated carbocycles. The number of rotatable bonds is 4. The lowest BCUT2D eigenvalue weighted by Crippen LogP contribution is -2.45. The van der Waals surface area contributed by atoms with Crippen LogP contribution in [0, 0.1) is 5.92 Å². The first-order chi connectivity index (χ1) is 5.37. The van der Waals surface area contributed by atoms with E-state index >= 15 is 0 Å². The van der Waals surface area contributed by atoms with Gasteiger partial charge in [0, 0.05) is 0 Å². The maximum Gasteiger partial charge on any atom is 0.108 e. The minimum atomic E-state index is -1.29. The van der Waals surface area contributed by atoms with Gasteiger partial charge < -0.3 is 20.4 Å². The number of aliphatic hydroxyl groups is 4. The summed E-state index contributed by atoms with van der Waals surface area (Å²) in [5.41, 5.74) is 0. The summed E-state index contributed by atoms with van der Waals surface area (Å²) in [5, 5.41) is 36.6. The summed E-state index contributed by atoms with van der Waals surface area (Å²) < 4.78 is 0. The first kappa shape index (κ1) is 11.8. The van der Waals surface area contributed by atoms with Gasteiger partial charge in [0.2, 0.25) is 0 Å². The van der Waals surface area contributed by atoms with E-state index < -0.39 is 24.4 Å². The van der Waals surface area contributed by atoms with Crippen molar-refractivity contribution in [3.8, 4) is 0 Å². The van der Waals surface area contributed by atoms with Crippen molar-refractivity contribution in [2.75, 3.05) is 0 Å². The molecule has 0 spiro atoms. The summed E-state index contributed by atoms with van der Waals surface area (Å²) in [7, 11) is 0. The zero-order chi connectivity index (χ0) is 9.89. The van der Waals surface area contributed by atoms with E-state index in [9.17, 15) is 10.2 Å². The summed E-state index contributed by atoms with van der Waals surface area (Å²) in [6.45, 7) is 4.81. The van der Waals surface area contributed by atoms with Crippen LogP contribution in [0.3, 0.4) is 0 Å². The van der Waals surface area contributed by atoms with Gasteiger partial charge in [0.15, 0.2) is 0 Å². The molecular weight excluding hydrogens is 160 g/mol. The highest BCUT2D eigenvalue weighted by atomic mass is 16.4. The van der Waals surface area contributed by atoms with Gasteiger partial charge in [-0.25, -0.2) is 0 Å². The molecule has 0 aromatic heterocycles. The molecule has 0 rings (SSSR count). The fraction of sp³-hybridized carbons (Fsp3) is 1.00. The molecular formula is C8H18O4. The Morgan fingerprint density at radius 1 is 0.667 bits per heavy atom. The summed E-state index contributed by atoms with van der Waals surface area (Å²) >= 11 is 0. The highest BCUT2D eigenvalue weighted by Gasteiger charge is 2.29. The standard InChI is InChI=1S/C8H18O4/c1-4(2)6(10)8(12)7(11)5(3)9/h4-12H,1-3H3/t5-,6+,7+,8?/m1/s1. The normalized spacial score (nSPS) is 22.0. The van der Waals surface area contributed by atoms with E-state index in [1.54, 1.807) is 13.8 Å². The minimum absolute atomic E-state index is 0.145. The molecule has 4 atom stereocenters. The summed E-state index contributed by atoms with van der Waals surface area (Å²) in [5.74, 6) is -0.145. The Bertz CT molecular complexity index is 110. The molecule has 0 saturated heterocycles. The van der Waals surface area contributed by atoms with Crippen molar-refractivity contribution in [1.82, 2.24) is 0 Å². The summed E-state index contributed by atoms with van der Waals surface area (Å²) in [6.07, 6.45) is -4.62. The number of hydrogen-bond donors (Lipinski definition) is 4. The maximum absolute atomic E-state index is 9.29. The van der Waals surface area contributed by atoms with Crippen molar-refractivity contribution in [2.24, 2.45) is 5.92 Å². The Hall–Kier alpha value is -0.160. The van der Waals surface area contributed by atoms with Crippen molar-refractivity contribution >= 4 is 0 Å². The quantitative estimate of drug-likeness (QED) is 0.450. The van der Waals surface area contributed by atoms with E-state index in [-0.39, 0.29) is 5.92 Å². The van der Waals surface area contributed by atoms with Crippen LogP contribution in [0.5, 0.6) is 0 Å². The van der Waals surface area contributed by atoms with Gasteiger partial charge in [-0.1, -0.05) is 13.8 Å². The summed E-state index contributed by atoms with van der Waals surface area (Å²) in [6, 6.07) is 0. The smallest absolute Gasteiger partial charge is 0.108 e. The van der Waals surface area contributed by atoms with Crippen LogP contribution >= 0.6 is 0 Å². The van der Waals surface area contributed by atoms with Crippen LogP contribution in [-0.4, -0.2) is 44.8 Å². The van der Waals surface area contributed by atoms with Gasteiger partial charge in [-0.3, -0.25) is 0 Å². The molecule has 0 amide bonds. The predicted octanol–water partition coefficient (Wildman–Crippen LogP) is -0.894. The van der Waals surface area contributed by atoms with Crippen LogP contribution in [0.15, 0.2) is 0 Å². The molecule has 12 heavy (non-hydrogen) atoms. The third-order valence-electron chi connectivity index (χ3n) is 1.88. The van der Waals surface area contributed by atoms with Gasteiger partial charge in [0.25, 0.3) is 0 Å². The first-order valence-corrected chi connectivity index (χ1v) is 4.10. The zero-order valence-electron chi connectivity index (χ0n) is 7.68. The monoisotopic (exact) mass is 178 g/mol. The second-order valence-corrected chi connectivity index (χ2v) is 3.46. The molecule has 0 aliphatic heterocycles. The van der Waals surface area contributed by atoms with Gasteiger partial charge in [-0.05, 0) is 12.8 Å². The Kier molecular flexibility index (Phi) is 4.70. The zero-order valence-corrected chi connectivity index (χ0v) is 7.68. The molecule has 4 N–H and O–H groups in total. The lowest BCUT2D eigenvalue weighted by molar-refractivity contribution is -0.111. The van der Waals surface area contributed by atoms with Gasteiger partial charge in [-0.2, -0.15) is 0 Å². The van der Waals surface area contributed by atoms with Crippen LogP contribution in [0.2, 0.25) is 0 Å². The predicted molar refractivity (Wildman–Crippen MR) is 44.5 cm³/mol. The highest BCUT2D eigenvalue weighted by Crippen LogP contribution is 2.11. The van der Waals surface area contributed by atoms with E-state index in [0.717, 1.165) is 0 Å². The van der Waals surface area contributed by atoms with E-state index in [2.05, 4.69) is 0 Å². The van der Waals surface area contributed by atoms with Crippen molar-refractivity contribution in [1.29, 1.82) is 0 Å². The van der Waals surface area contributed by atoms with Crippen LogP contribution in [0.1, 0.15) is 20.8 Å². The molecule has 1 unspecified atom stereocenters. The molecule has 4 nitrogen and oxygen atoms in total. The second-order valence-electron chi connectivity index (χ2n) is 3.46.